The first-order chi connectivity index (χ1) is 18.5. The Morgan fingerprint density at radius 1 is 1.21 bits per heavy atom. The molecule has 1 amide bonds. The quantitative estimate of drug-likeness (QED) is 0.416. The molecule has 6 rings (SSSR count). The first-order valence-electron chi connectivity index (χ1n) is 13.9. The molecule has 1 atom stereocenters. The number of hydrogen-bond donors (Lipinski definition) is 1. The largest absolute Gasteiger partial charge is 0.490 e. The summed E-state index contributed by atoms with van der Waals surface area (Å²) in [5, 5.41) is 3.90. The molecule has 3 aromatic heterocycles. The van der Waals surface area contributed by atoms with Gasteiger partial charge in [-0.1, -0.05) is 6.92 Å². The van der Waals surface area contributed by atoms with Gasteiger partial charge in [0.15, 0.2) is 0 Å². The lowest BCUT2D eigenvalue weighted by molar-refractivity contribution is -0.116. The predicted molar refractivity (Wildman–Crippen MR) is 146 cm³/mol. The van der Waals surface area contributed by atoms with Gasteiger partial charge in [0.1, 0.15) is 22.2 Å². The molecule has 0 radical (unpaired) electrons. The number of fused-ring (bicyclic) bond motifs is 3. The summed E-state index contributed by atoms with van der Waals surface area (Å²) in [6.45, 7) is 6.04. The van der Waals surface area contributed by atoms with Gasteiger partial charge in [-0.15, -0.1) is 11.3 Å². The van der Waals surface area contributed by atoms with Crippen molar-refractivity contribution in [3.63, 3.8) is 0 Å². The van der Waals surface area contributed by atoms with E-state index in [9.17, 15) is 9.18 Å². The number of carbonyl (C=O) groups is 1. The van der Waals surface area contributed by atoms with Crippen LogP contribution in [0.5, 0.6) is 5.75 Å². The number of amides is 1. The summed E-state index contributed by atoms with van der Waals surface area (Å²) in [6, 6.07) is 4.78. The van der Waals surface area contributed by atoms with E-state index in [1.807, 2.05) is 12.3 Å². The number of carbonyl (C=O) groups excluding carboxylic acids is 1. The van der Waals surface area contributed by atoms with Crippen LogP contribution in [0, 0.1) is 5.82 Å². The van der Waals surface area contributed by atoms with Crippen molar-refractivity contribution in [1.29, 1.82) is 0 Å². The molecule has 0 bridgehead atoms. The predicted octanol–water partition coefficient (Wildman–Crippen LogP) is 5.69. The molecule has 202 valence electrons. The minimum absolute atomic E-state index is 0.103. The van der Waals surface area contributed by atoms with E-state index in [-0.39, 0.29) is 23.5 Å². The third-order valence-electron chi connectivity index (χ3n) is 8.72. The smallest absolute Gasteiger partial charge is 0.226 e. The molecule has 0 spiro atoms. The topological polar surface area (TPSA) is 76.6 Å². The third-order valence-corrected chi connectivity index (χ3v) is 9.89. The van der Waals surface area contributed by atoms with Gasteiger partial charge in [-0.3, -0.25) is 9.69 Å². The highest BCUT2D eigenvalue weighted by molar-refractivity contribution is 7.19. The minimum atomic E-state index is -0.423. The van der Waals surface area contributed by atoms with E-state index in [1.54, 1.807) is 11.3 Å². The number of ether oxygens (including phenoxy) is 2. The van der Waals surface area contributed by atoms with Gasteiger partial charge in [0.25, 0.3) is 0 Å². The van der Waals surface area contributed by atoms with Crippen LogP contribution in [-0.4, -0.2) is 58.7 Å². The summed E-state index contributed by atoms with van der Waals surface area (Å²) >= 11 is 1.73. The molecule has 0 aromatic carbocycles. The maximum Gasteiger partial charge on any atom is 0.226 e. The lowest BCUT2D eigenvalue weighted by Gasteiger charge is -2.49. The van der Waals surface area contributed by atoms with Gasteiger partial charge < -0.3 is 14.8 Å². The van der Waals surface area contributed by atoms with Crippen molar-refractivity contribution in [2.45, 2.75) is 75.9 Å². The van der Waals surface area contributed by atoms with Crippen molar-refractivity contribution in [2.24, 2.45) is 0 Å². The molecule has 1 N–H and O–H groups in total. The summed E-state index contributed by atoms with van der Waals surface area (Å²) in [5.41, 5.74) is 1.49. The highest BCUT2D eigenvalue weighted by atomic mass is 32.1. The van der Waals surface area contributed by atoms with Crippen LogP contribution in [0.25, 0.3) is 10.2 Å². The number of aromatic nitrogens is 2. The Labute approximate surface area is 226 Å². The van der Waals surface area contributed by atoms with E-state index in [2.05, 4.69) is 27.1 Å². The number of nitrogens with zero attached hydrogens (tertiary/aromatic N) is 3. The van der Waals surface area contributed by atoms with E-state index in [0.717, 1.165) is 93.4 Å². The van der Waals surface area contributed by atoms with Gasteiger partial charge in [0, 0.05) is 36.1 Å². The first-order valence-corrected chi connectivity index (χ1v) is 14.7. The Balaban J connectivity index is 1.17. The Morgan fingerprint density at radius 3 is 2.76 bits per heavy atom. The molecule has 7 nitrogen and oxygen atoms in total. The van der Waals surface area contributed by atoms with Crippen LogP contribution < -0.4 is 10.1 Å². The number of aryl methyl sites for hydroxylation is 1. The van der Waals surface area contributed by atoms with E-state index in [0.29, 0.717) is 12.2 Å². The normalized spacial score (nSPS) is 25.8. The summed E-state index contributed by atoms with van der Waals surface area (Å²) in [4.78, 5) is 26.4. The zero-order chi connectivity index (χ0) is 26.1. The van der Waals surface area contributed by atoms with Crippen molar-refractivity contribution < 1.29 is 18.7 Å². The van der Waals surface area contributed by atoms with Crippen LogP contribution in [0.2, 0.25) is 0 Å². The van der Waals surface area contributed by atoms with Gasteiger partial charge in [-0.05, 0) is 74.6 Å². The molecule has 3 aromatic rings. The van der Waals surface area contributed by atoms with Gasteiger partial charge in [-0.25, -0.2) is 14.4 Å². The highest BCUT2D eigenvalue weighted by Gasteiger charge is 2.40. The first kappa shape index (κ1) is 25.6. The lowest BCUT2D eigenvalue weighted by Crippen LogP contribution is -2.55. The van der Waals surface area contributed by atoms with Crippen LogP contribution >= 0.6 is 11.3 Å². The second-order valence-electron chi connectivity index (χ2n) is 10.8. The van der Waals surface area contributed by atoms with Crippen LogP contribution in [0.4, 0.5) is 10.2 Å². The maximum absolute atomic E-state index is 13.2. The maximum atomic E-state index is 13.2. The fourth-order valence-electron chi connectivity index (χ4n) is 6.66. The van der Waals surface area contributed by atoms with Crippen molar-refractivity contribution in [1.82, 2.24) is 14.9 Å². The summed E-state index contributed by atoms with van der Waals surface area (Å²) < 4.78 is 25.5. The number of halogens is 1. The Bertz CT molecular complexity index is 1280. The standard InChI is InChI=1S/C29H35FN4O3S/c1-2-29(34-13-15-36-16-14-34)10-7-21(8-11-29)37-22-9-12-31-28-27(22)26-19(3-5-23(26)38-28)17-25(35)33-24-6-4-20(30)18-32-24/h4,6,9,12,18-19,21H,2-3,5,7-8,10-11,13-17H2,1H3,(H,32,33,35)/t19-,21?,29?/m1/s1. The molecule has 38 heavy (non-hydrogen) atoms. The minimum Gasteiger partial charge on any atom is -0.490 e. The number of anilines is 1. The Kier molecular flexibility index (Phi) is 7.33. The molecule has 1 aliphatic heterocycles. The van der Waals surface area contributed by atoms with Crippen molar-refractivity contribution in [3.05, 3.63) is 46.9 Å². The van der Waals surface area contributed by atoms with Gasteiger partial charge in [0.2, 0.25) is 5.91 Å². The second kappa shape index (κ2) is 10.9. The van der Waals surface area contributed by atoms with Crippen molar-refractivity contribution in [2.75, 3.05) is 31.6 Å². The second-order valence-corrected chi connectivity index (χ2v) is 11.9. The number of thiophene rings is 1. The van der Waals surface area contributed by atoms with Crippen LogP contribution in [0.1, 0.15) is 68.2 Å². The van der Waals surface area contributed by atoms with Crippen molar-refractivity contribution >= 4 is 33.3 Å². The fraction of sp³-hybridized carbons (Fsp3) is 0.552. The highest BCUT2D eigenvalue weighted by Crippen LogP contribution is 2.48. The lowest BCUT2D eigenvalue weighted by atomic mass is 9.77. The summed E-state index contributed by atoms with van der Waals surface area (Å²) in [5.74, 6) is 0.839. The summed E-state index contributed by atoms with van der Waals surface area (Å²) in [7, 11) is 0. The monoisotopic (exact) mass is 538 g/mol. The van der Waals surface area contributed by atoms with E-state index >= 15 is 0 Å². The average Bonchev–Trinajstić information content (AvgIpc) is 3.51. The van der Waals surface area contributed by atoms with Crippen LogP contribution in [0.3, 0.4) is 0 Å². The SMILES string of the molecule is CCC1(N2CCOCC2)CCC(Oc2ccnc3sc4c(c23)[C@@H](CC(=O)Nc2ccc(F)cn2)CC4)CC1. The van der Waals surface area contributed by atoms with Gasteiger partial charge in [-0.2, -0.15) is 0 Å². The molecular formula is C29H35FN4O3S. The van der Waals surface area contributed by atoms with E-state index in [1.165, 1.54) is 22.6 Å². The van der Waals surface area contributed by atoms with Gasteiger partial charge in [0.05, 0.1) is 30.9 Å². The molecule has 3 aliphatic rings. The number of hydrogen-bond acceptors (Lipinski definition) is 7. The Hall–Kier alpha value is -2.62. The molecular weight excluding hydrogens is 503 g/mol. The fourth-order valence-corrected chi connectivity index (χ4v) is 7.91. The zero-order valence-corrected chi connectivity index (χ0v) is 22.7. The summed E-state index contributed by atoms with van der Waals surface area (Å²) in [6.07, 6.45) is 10.9. The molecule has 4 heterocycles. The molecule has 9 heteroatoms. The number of morpholine rings is 1. The van der Waals surface area contributed by atoms with E-state index in [4.69, 9.17) is 9.47 Å². The number of rotatable bonds is 7. The molecule has 1 saturated heterocycles. The number of pyridine rings is 2. The van der Waals surface area contributed by atoms with Gasteiger partial charge >= 0.3 is 0 Å². The zero-order valence-electron chi connectivity index (χ0n) is 21.9. The molecule has 2 aliphatic carbocycles. The third kappa shape index (κ3) is 5.03. The Morgan fingerprint density at radius 2 is 2.03 bits per heavy atom. The molecule has 1 saturated carbocycles. The van der Waals surface area contributed by atoms with Crippen molar-refractivity contribution in [3.8, 4) is 5.75 Å². The molecule has 0 unspecified atom stereocenters. The van der Waals surface area contributed by atoms with Crippen LogP contribution in [0.15, 0.2) is 30.6 Å². The molecule has 2 fully saturated rings. The van der Waals surface area contributed by atoms with Crippen LogP contribution in [-0.2, 0) is 16.0 Å². The number of nitrogens with one attached hydrogen (secondary N) is 1. The van der Waals surface area contributed by atoms with E-state index < -0.39 is 5.82 Å². The average molecular weight is 539 g/mol.